The standard InChI is InChI=1S/C7H8NO2/c1-2-10-7(9)8-5-3-4-6-8/h3,5-6H,2H2,1H3. The molecule has 1 aromatic rings. The SMILES string of the molecule is CCOC(=O)n1c[c]cc1. The van der Waals surface area contributed by atoms with Crippen LogP contribution in [0.2, 0.25) is 0 Å². The lowest BCUT2D eigenvalue weighted by atomic mass is 10.7. The average Bonchev–Trinajstić information content (AvgIpc) is 2.38. The highest BCUT2D eigenvalue weighted by atomic mass is 16.5. The summed E-state index contributed by atoms with van der Waals surface area (Å²) in [4.78, 5) is 10.8. The van der Waals surface area contributed by atoms with Gasteiger partial charge in [0.2, 0.25) is 0 Å². The number of carbonyl (C=O) groups is 1. The van der Waals surface area contributed by atoms with Crippen molar-refractivity contribution in [1.82, 2.24) is 4.57 Å². The van der Waals surface area contributed by atoms with Gasteiger partial charge in [0.15, 0.2) is 0 Å². The lowest BCUT2D eigenvalue weighted by Gasteiger charge is -1.99. The summed E-state index contributed by atoms with van der Waals surface area (Å²) in [5.41, 5.74) is 0. The minimum absolute atomic E-state index is 0.358. The molecule has 0 aromatic carbocycles. The molecule has 1 rings (SSSR count). The first-order valence-corrected chi connectivity index (χ1v) is 3.05. The van der Waals surface area contributed by atoms with E-state index < -0.39 is 0 Å². The van der Waals surface area contributed by atoms with E-state index in [0.717, 1.165) is 0 Å². The number of carbonyl (C=O) groups excluding carboxylic acids is 1. The predicted octanol–water partition coefficient (Wildman–Crippen LogP) is 1.29. The number of aromatic nitrogens is 1. The highest BCUT2D eigenvalue weighted by molar-refractivity contribution is 5.70. The molecule has 3 nitrogen and oxygen atoms in total. The Morgan fingerprint density at radius 1 is 1.80 bits per heavy atom. The van der Waals surface area contributed by atoms with E-state index in [1.165, 1.54) is 10.8 Å². The van der Waals surface area contributed by atoms with Gasteiger partial charge in [0.1, 0.15) is 0 Å². The number of hydrogen-bond donors (Lipinski definition) is 0. The predicted molar refractivity (Wildman–Crippen MR) is 35.7 cm³/mol. The van der Waals surface area contributed by atoms with E-state index in [2.05, 4.69) is 6.07 Å². The Morgan fingerprint density at radius 3 is 3.10 bits per heavy atom. The number of rotatable bonds is 1. The Hall–Kier alpha value is -1.25. The van der Waals surface area contributed by atoms with Gasteiger partial charge in [0.05, 0.1) is 6.61 Å². The maximum Gasteiger partial charge on any atom is 0.417 e. The second kappa shape index (κ2) is 3.06. The Kier molecular flexibility index (Phi) is 2.10. The summed E-state index contributed by atoms with van der Waals surface area (Å²) in [7, 11) is 0. The van der Waals surface area contributed by atoms with Gasteiger partial charge < -0.3 is 4.74 Å². The summed E-state index contributed by atoms with van der Waals surface area (Å²) in [5.74, 6) is 0. The minimum atomic E-state index is -0.358. The van der Waals surface area contributed by atoms with E-state index in [1.807, 2.05) is 0 Å². The van der Waals surface area contributed by atoms with Crippen LogP contribution in [0.3, 0.4) is 0 Å². The molecule has 0 unspecified atom stereocenters. The van der Waals surface area contributed by atoms with Crippen molar-refractivity contribution in [1.29, 1.82) is 0 Å². The van der Waals surface area contributed by atoms with Crippen LogP contribution in [0.4, 0.5) is 4.79 Å². The molecule has 3 heteroatoms. The lowest BCUT2D eigenvalue weighted by molar-refractivity contribution is 0.154. The minimum Gasteiger partial charge on any atom is -0.449 e. The average molecular weight is 138 g/mol. The molecule has 0 atom stereocenters. The number of hydrogen-bond acceptors (Lipinski definition) is 2. The summed E-state index contributed by atoms with van der Waals surface area (Å²) in [6.07, 6.45) is 2.76. The molecule has 53 valence electrons. The van der Waals surface area contributed by atoms with Gasteiger partial charge in [0.25, 0.3) is 0 Å². The van der Waals surface area contributed by atoms with Crippen LogP contribution in [0.15, 0.2) is 18.5 Å². The maximum atomic E-state index is 10.8. The Balaban J connectivity index is 2.59. The zero-order chi connectivity index (χ0) is 7.40. The van der Waals surface area contributed by atoms with Crippen molar-refractivity contribution in [2.24, 2.45) is 0 Å². The molecule has 0 amide bonds. The van der Waals surface area contributed by atoms with Gasteiger partial charge in [-0.25, -0.2) is 4.79 Å². The molecule has 0 saturated carbocycles. The van der Waals surface area contributed by atoms with Gasteiger partial charge in [-0.1, -0.05) is 0 Å². The molecule has 0 aliphatic rings. The third-order valence-electron chi connectivity index (χ3n) is 1.02. The fraction of sp³-hybridized carbons (Fsp3) is 0.286. The van der Waals surface area contributed by atoms with Gasteiger partial charge >= 0.3 is 6.09 Å². The molecule has 10 heavy (non-hydrogen) atoms. The number of ether oxygens (including phenoxy) is 1. The van der Waals surface area contributed by atoms with E-state index >= 15 is 0 Å². The maximum absolute atomic E-state index is 10.8. The van der Waals surface area contributed by atoms with Crippen molar-refractivity contribution in [3.05, 3.63) is 24.5 Å². The number of nitrogens with zero attached hydrogens (tertiary/aromatic N) is 1. The normalized spacial score (nSPS) is 9.30. The quantitative estimate of drug-likeness (QED) is 0.585. The summed E-state index contributed by atoms with van der Waals surface area (Å²) in [6, 6.07) is 4.38. The van der Waals surface area contributed by atoms with E-state index in [0.29, 0.717) is 6.61 Å². The van der Waals surface area contributed by atoms with Crippen molar-refractivity contribution in [2.45, 2.75) is 6.92 Å². The molecule has 0 saturated heterocycles. The molecular weight excluding hydrogens is 130 g/mol. The van der Waals surface area contributed by atoms with Crippen molar-refractivity contribution in [2.75, 3.05) is 6.61 Å². The van der Waals surface area contributed by atoms with Crippen LogP contribution in [0, 0.1) is 6.07 Å². The largest absolute Gasteiger partial charge is 0.449 e. The smallest absolute Gasteiger partial charge is 0.417 e. The second-order valence-corrected chi connectivity index (χ2v) is 1.72. The van der Waals surface area contributed by atoms with Crippen molar-refractivity contribution >= 4 is 6.09 Å². The molecule has 1 aromatic heterocycles. The van der Waals surface area contributed by atoms with Crippen LogP contribution < -0.4 is 0 Å². The van der Waals surface area contributed by atoms with Crippen molar-refractivity contribution < 1.29 is 9.53 Å². The first kappa shape index (κ1) is 6.86. The van der Waals surface area contributed by atoms with Crippen LogP contribution in [-0.2, 0) is 4.74 Å². The molecule has 0 spiro atoms. The van der Waals surface area contributed by atoms with Crippen LogP contribution in [-0.4, -0.2) is 17.3 Å². The first-order valence-electron chi connectivity index (χ1n) is 3.05. The summed E-state index contributed by atoms with van der Waals surface area (Å²) in [5, 5.41) is 0. The zero-order valence-electron chi connectivity index (χ0n) is 5.70. The van der Waals surface area contributed by atoms with E-state index in [4.69, 9.17) is 4.74 Å². The summed E-state index contributed by atoms with van der Waals surface area (Å²) in [6.45, 7) is 2.17. The lowest BCUT2D eigenvalue weighted by Crippen LogP contribution is -2.10. The molecule has 0 aliphatic carbocycles. The van der Waals surface area contributed by atoms with Gasteiger partial charge in [-0.2, -0.15) is 0 Å². The van der Waals surface area contributed by atoms with E-state index in [1.54, 1.807) is 19.2 Å². The highest BCUT2D eigenvalue weighted by Crippen LogP contribution is 1.90. The van der Waals surface area contributed by atoms with E-state index in [-0.39, 0.29) is 6.09 Å². The fourth-order valence-electron chi connectivity index (χ4n) is 0.601. The van der Waals surface area contributed by atoms with Crippen LogP contribution in [0.25, 0.3) is 0 Å². The van der Waals surface area contributed by atoms with Crippen molar-refractivity contribution in [3.8, 4) is 0 Å². The Morgan fingerprint density at radius 2 is 2.60 bits per heavy atom. The summed E-state index contributed by atoms with van der Waals surface area (Å²) < 4.78 is 6.03. The highest BCUT2D eigenvalue weighted by Gasteiger charge is 1.99. The van der Waals surface area contributed by atoms with Gasteiger partial charge in [0, 0.05) is 18.5 Å². The van der Waals surface area contributed by atoms with Crippen LogP contribution >= 0.6 is 0 Å². The molecule has 0 aliphatic heterocycles. The Labute approximate surface area is 59.2 Å². The van der Waals surface area contributed by atoms with Crippen molar-refractivity contribution in [3.63, 3.8) is 0 Å². The van der Waals surface area contributed by atoms with Crippen LogP contribution in [0.1, 0.15) is 6.92 Å². The van der Waals surface area contributed by atoms with Crippen LogP contribution in [0.5, 0.6) is 0 Å². The molecule has 0 N–H and O–H groups in total. The molecule has 1 heterocycles. The summed E-state index contributed by atoms with van der Waals surface area (Å²) >= 11 is 0. The molecule has 0 bridgehead atoms. The third kappa shape index (κ3) is 1.37. The Bertz CT molecular complexity index is 203. The fourth-order valence-corrected chi connectivity index (χ4v) is 0.601. The molecule has 0 fully saturated rings. The molecule has 1 radical (unpaired) electrons. The topological polar surface area (TPSA) is 31.2 Å². The third-order valence-corrected chi connectivity index (χ3v) is 1.02. The van der Waals surface area contributed by atoms with Gasteiger partial charge in [-0.05, 0) is 13.0 Å². The second-order valence-electron chi connectivity index (χ2n) is 1.72. The zero-order valence-corrected chi connectivity index (χ0v) is 5.70. The first-order chi connectivity index (χ1) is 4.84. The van der Waals surface area contributed by atoms with Gasteiger partial charge in [-0.15, -0.1) is 0 Å². The molecular formula is C7H8NO2. The monoisotopic (exact) mass is 138 g/mol. The van der Waals surface area contributed by atoms with E-state index in [9.17, 15) is 4.79 Å². The van der Waals surface area contributed by atoms with Gasteiger partial charge in [-0.3, -0.25) is 4.57 Å².